The van der Waals surface area contributed by atoms with E-state index in [9.17, 15) is 0 Å². The van der Waals surface area contributed by atoms with Gasteiger partial charge in [-0.15, -0.1) is 0 Å². The molecule has 0 aromatic carbocycles. The molecule has 1 aliphatic rings. The highest BCUT2D eigenvalue weighted by Gasteiger charge is 2.28. The SMILES string of the molecule is CCCC(OCC)c1nc(N)nc(C2CC2)n1. The predicted octanol–water partition coefficient (Wildman–Crippen LogP) is 2.21. The van der Waals surface area contributed by atoms with Crippen LogP contribution in [0.15, 0.2) is 0 Å². The average molecular weight is 236 g/mol. The summed E-state index contributed by atoms with van der Waals surface area (Å²) in [6.07, 6.45) is 4.23. The molecule has 1 saturated carbocycles. The maximum Gasteiger partial charge on any atom is 0.223 e. The molecule has 1 fully saturated rings. The second-order valence-electron chi connectivity index (χ2n) is 4.42. The summed E-state index contributed by atoms with van der Waals surface area (Å²) in [6, 6.07) is 0. The van der Waals surface area contributed by atoms with E-state index in [1.165, 1.54) is 0 Å². The van der Waals surface area contributed by atoms with Crippen molar-refractivity contribution in [2.75, 3.05) is 12.3 Å². The van der Waals surface area contributed by atoms with E-state index in [2.05, 4.69) is 21.9 Å². The van der Waals surface area contributed by atoms with Crippen LogP contribution in [0.2, 0.25) is 0 Å². The van der Waals surface area contributed by atoms with E-state index >= 15 is 0 Å². The summed E-state index contributed by atoms with van der Waals surface area (Å²) < 4.78 is 5.67. The van der Waals surface area contributed by atoms with E-state index in [0.717, 1.165) is 31.5 Å². The molecule has 2 N–H and O–H groups in total. The van der Waals surface area contributed by atoms with Gasteiger partial charge in [0.05, 0.1) is 0 Å². The van der Waals surface area contributed by atoms with Crippen molar-refractivity contribution in [1.29, 1.82) is 0 Å². The third-order valence-electron chi connectivity index (χ3n) is 2.84. The molecule has 0 aliphatic heterocycles. The second kappa shape index (κ2) is 5.40. The van der Waals surface area contributed by atoms with E-state index in [-0.39, 0.29) is 6.10 Å². The van der Waals surface area contributed by atoms with E-state index in [0.29, 0.717) is 24.3 Å². The maximum absolute atomic E-state index is 5.74. The molecule has 94 valence electrons. The third-order valence-corrected chi connectivity index (χ3v) is 2.84. The molecule has 0 amide bonds. The van der Waals surface area contributed by atoms with Gasteiger partial charge in [0.15, 0.2) is 5.82 Å². The van der Waals surface area contributed by atoms with Gasteiger partial charge in [-0.3, -0.25) is 0 Å². The third kappa shape index (κ3) is 3.12. The summed E-state index contributed by atoms with van der Waals surface area (Å²) in [4.78, 5) is 12.9. The lowest BCUT2D eigenvalue weighted by Crippen LogP contribution is -2.13. The van der Waals surface area contributed by atoms with Crippen molar-refractivity contribution >= 4 is 5.95 Å². The molecule has 5 heteroatoms. The van der Waals surface area contributed by atoms with Gasteiger partial charge in [0.1, 0.15) is 11.9 Å². The number of aromatic nitrogens is 3. The van der Waals surface area contributed by atoms with Gasteiger partial charge in [0.2, 0.25) is 5.95 Å². The minimum absolute atomic E-state index is 0.0483. The molecule has 1 aromatic heterocycles. The van der Waals surface area contributed by atoms with Gasteiger partial charge < -0.3 is 10.5 Å². The van der Waals surface area contributed by atoms with Crippen LogP contribution in [-0.4, -0.2) is 21.6 Å². The molecule has 5 nitrogen and oxygen atoms in total. The molecule has 17 heavy (non-hydrogen) atoms. The van der Waals surface area contributed by atoms with Crippen LogP contribution in [0.5, 0.6) is 0 Å². The number of hydrogen-bond donors (Lipinski definition) is 1. The first-order valence-corrected chi connectivity index (χ1v) is 6.37. The molecular formula is C12H20N4O. The lowest BCUT2D eigenvalue weighted by atomic mass is 10.2. The van der Waals surface area contributed by atoms with Crippen molar-refractivity contribution in [3.8, 4) is 0 Å². The van der Waals surface area contributed by atoms with Crippen LogP contribution in [0.3, 0.4) is 0 Å². The standard InChI is InChI=1S/C12H20N4O/c1-3-5-9(17-4-2)11-14-10(8-6-7-8)15-12(13)16-11/h8-9H,3-7H2,1-2H3,(H2,13,14,15,16). The van der Waals surface area contributed by atoms with Crippen LogP contribution < -0.4 is 5.73 Å². The van der Waals surface area contributed by atoms with E-state index in [4.69, 9.17) is 10.5 Å². The van der Waals surface area contributed by atoms with Crippen LogP contribution in [0.1, 0.15) is 63.2 Å². The molecule has 1 aromatic rings. The molecule has 0 spiro atoms. The van der Waals surface area contributed by atoms with Gasteiger partial charge in [0, 0.05) is 12.5 Å². The number of ether oxygens (including phenoxy) is 1. The van der Waals surface area contributed by atoms with Crippen molar-refractivity contribution < 1.29 is 4.74 Å². The molecule has 1 unspecified atom stereocenters. The number of nitrogen functional groups attached to an aromatic ring is 1. The number of anilines is 1. The highest BCUT2D eigenvalue weighted by atomic mass is 16.5. The topological polar surface area (TPSA) is 73.9 Å². The minimum Gasteiger partial charge on any atom is -0.371 e. The quantitative estimate of drug-likeness (QED) is 0.819. The zero-order chi connectivity index (χ0) is 12.3. The Kier molecular flexibility index (Phi) is 3.89. The Labute approximate surface area is 102 Å². The summed E-state index contributed by atoms with van der Waals surface area (Å²) in [5.41, 5.74) is 5.74. The first-order chi connectivity index (χ1) is 8.24. The average Bonchev–Trinajstić information content (AvgIpc) is 3.12. The Morgan fingerprint density at radius 3 is 2.65 bits per heavy atom. The fourth-order valence-corrected chi connectivity index (χ4v) is 1.85. The lowest BCUT2D eigenvalue weighted by Gasteiger charge is -2.15. The van der Waals surface area contributed by atoms with Gasteiger partial charge in [-0.2, -0.15) is 9.97 Å². The molecule has 2 rings (SSSR count). The van der Waals surface area contributed by atoms with Crippen molar-refractivity contribution in [2.45, 2.75) is 51.6 Å². The van der Waals surface area contributed by atoms with E-state index < -0.39 is 0 Å². The second-order valence-corrected chi connectivity index (χ2v) is 4.42. The van der Waals surface area contributed by atoms with Crippen molar-refractivity contribution in [2.24, 2.45) is 0 Å². The maximum atomic E-state index is 5.74. The summed E-state index contributed by atoms with van der Waals surface area (Å²) >= 11 is 0. The van der Waals surface area contributed by atoms with Gasteiger partial charge >= 0.3 is 0 Å². The van der Waals surface area contributed by atoms with E-state index in [1.54, 1.807) is 0 Å². The Balaban J connectivity index is 2.21. The van der Waals surface area contributed by atoms with Gasteiger partial charge in [0.25, 0.3) is 0 Å². The van der Waals surface area contributed by atoms with Crippen molar-refractivity contribution in [1.82, 2.24) is 15.0 Å². The van der Waals surface area contributed by atoms with Crippen molar-refractivity contribution in [3.63, 3.8) is 0 Å². The molecular weight excluding hydrogens is 216 g/mol. The van der Waals surface area contributed by atoms with Crippen LogP contribution in [0.25, 0.3) is 0 Å². The zero-order valence-electron chi connectivity index (χ0n) is 10.5. The lowest BCUT2D eigenvalue weighted by molar-refractivity contribution is 0.0491. The summed E-state index contributed by atoms with van der Waals surface area (Å²) in [6.45, 7) is 4.77. The molecule has 1 atom stereocenters. The summed E-state index contributed by atoms with van der Waals surface area (Å²) in [5, 5.41) is 0. The first-order valence-electron chi connectivity index (χ1n) is 6.37. The highest BCUT2D eigenvalue weighted by molar-refractivity contribution is 5.20. The van der Waals surface area contributed by atoms with E-state index in [1.807, 2.05) is 6.92 Å². The minimum atomic E-state index is -0.0483. The fraction of sp³-hybridized carbons (Fsp3) is 0.750. The normalized spacial score (nSPS) is 17.1. The molecule has 0 radical (unpaired) electrons. The first kappa shape index (κ1) is 12.2. The number of nitrogens with two attached hydrogens (primary N) is 1. The van der Waals surface area contributed by atoms with Gasteiger partial charge in [-0.25, -0.2) is 4.98 Å². The molecule has 0 saturated heterocycles. The Morgan fingerprint density at radius 2 is 2.06 bits per heavy atom. The van der Waals surface area contributed by atoms with Crippen LogP contribution >= 0.6 is 0 Å². The predicted molar refractivity (Wildman–Crippen MR) is 65.5 cm³/mol. The Morgan fingerprint density at radius 1 is 1.29 bits per heavy atom. The van der Waals surface area contributed by atoms with Crippen LogP contribution in [-0.2, 0) is 4.74 Å². The van der Waals surface area contributed by atoms with Crippen molar-refractivity contribution in [3.05, 3.63) is 11.6 Å². The highest BCUT2D eigenvalue weighted by Crippen LogP contribution is 2.38. The number of nitrogens with zero attached hydrogens (tertiary/aromatic N) is 3. The van der Waals surface area contributed by atoms with Crippen LogP contribution in [0, 0.1) is 0 Å². The number of rotatable bonds is 6. The fourth-order valence-electron chi connectivity index (χ4n) is 1.85. The molecule has 1 heterocycles. The zero-order valence-corrected chi connectivity index (χ0v) is 10.5. The molecule has 1 aliphatic carbocycles. The van der Waals surface area contributed by atoms with Crippen LogP contribution in [0.4, 0.5) is 5.95 Å². The Hall–Kier alpha value is -1.23. The smallest absolute Gasteiger partial charge is 0.223 e. The Bertz CT molecular complexity index is 373. The monoisotopic (exact) mass is 236 g/mol. The van der Waals surface area contributed by atoms with Gasteiger partial charge in [-0.05, 0) is 26.2 Å². The number of hydrogen-bond acceptors (Lipinski definition) is 5. The summed E-state index contributed by atoms with van der Waals surface area (Å²) in [5.74, 6) is 2.34. The largest absolute Gasteiger partial charge is 0.371 e. The summed E-state index contributed by atoms with van der Waals surface area (Å²) in [7, 11) is 0. The van der Waals surface area contributed by atoms with Gasteiger partial charge in [-0.1, -0.05) is 13.3 Å². The molecule has 0 bridgehead atoms.